The summed E-state index contributed by atoms with van der Waals surface area (Å²) in [4.78, 5) is 8.96. The Labute approximate surface area is 131 Å². The highest BCUT2D eigenvalue weighted by Crippen LogP contribution is 2.28. The number of nitrogens with zero attached hydrogens (tertiary/aromatic N) is 2. The van der Waals surface area contributed by atoms with Crippen LogP contribution < -0.4 is 11.3 Å². The summed E-state index contributed by atoms with van der Waals surface area (Å²) in [5.41, 5.74) is 4.40. The van der Waals surface area contributed by atoms with Crippen LogP contribution in [0.2, 0.25) is 5.02 Å². The van der Waals surface area contributed by atoms with Gasteiger partial charge in [-0.2, -0.15) is 0 Å². The minimum absolute atomic E-state index is 0.511. The first-order valence-corrected chi connectivity index (χ1v) is 7.46. The average Bonchev–Trinajstić information content (AvgIpc) is 2.40. The minimum Gasteiger partial charge on any atom is -0.308 e. The largest absolute Gasteiger partial charge is 0.308 e. The van der Waals surface area contributed by atoms with E-state index in [4.69, 9.17) is 17.4 Å². The Morgan fingerprint density at radius 1 is 1.30 bits per heavy atom. The number of hydrogen-bond acceptors (Lipinski definition) is 4. The quantitative estimate of drug-likeness (QED) is 0.641. The number of hydrazine groups is 1. The number of nitrogens with two attached hydrogens (primary N) is 1. The van der Waals surface area contributed by atoms with Crippen molar-refractivity contribution in [3.05, 3.63) is 39.5 Å². The Hall–Kier alpha value is -1.17. The molecule has 1 heterocycles. The van der Waals surface area contributed by atoms with E-state index in [1.165, 1.54) is 0 Å². The zero-order valence-electron chi connectivity index (χ0n) is 11.3. The van der Waals surface area contributed by atoms with Gasteiger partial charge >= 0.3 is 0 Å². The van der Waals surface area contributed by atoms with E-state index < -0.39 is 0 Å². The van der Waals surface area contributed by atoms with Gasteiger partial charge in [-0.25, -0.2) is 15.8 Å². The van der Waals surface area contributed by atoms with E-state index in [0.29, 0.717) is 22.6 Å². The van der Waals surface area contributed by atoms with Crippen LogP contribution in [-0.2, 0) is 6.42 Å². The van der Waals surface area contributed by atoms with Crippen molar-refractivity contribution < 1.29 is 0 Å². The maximum absolute atomic E-state index is 6.12. The van der Waals surface area contributed by atoms with Crippen molar-refractivity contribution in [3.63, 3.8) is 0 Å². The maximum Gasteiger partial charge on any atom is 0.161 e. The van der Waals surface area contributed by atoms with Crippen LogP contribution in [0, 0.1) is 5.92 Å². The smallest absolute Gasteiger partial charge is 0.161 e. The summed E-state index contributed by atoms with van der Waals surface area (Å²) in [6.45, 7) is 4.29. The molecule has 0 aliphatic heterocycles. The molecule has 2 aromatic rings. The SMILES string of the molecule is CC(C)Cc1cc(NN)nc(-c2ccc(Br)c(Cl)c2)n1. The van der Waals surface area contributed by atoms with Gasteiger partial charge in [-0.3, -0.25) is 0 Å². The Bertz CT molecular complexity index is 616. The third kappa shape index (κ3) is 3.69. The first-order valence-electron chi connectivity index (χ1n) is 6.29. The van der Waals surface area contributed by atoms with Gasteiger partial charge in [-0.05, 0) is 46.5 Å². The molecule has 0 unspecified atom stereocenters. The van der Waals surface area contributed by atoms with Crippen molar-refractivity contribution >= 4 is 33.3 Å². The van der Waals surface area contributed by atoms with E-state index in [0.717, 1.165) is 22.2 Å². The summed E-state index contributed by atoms with van der Waals surface area (Å²) in [6, 6.07) is 7.50. The Balaban J connectivity index is 2.46. The van der Waals surface area contributed by atoms with Gasteiger partial charge in [0, 0.05) is 21.8 Å². The molecule has 1 aromatic heterocycles. The monoisotopic (exact) mass is 354 g/mol. The van der Waals surface area contributed by atoms with Crippen molar-refractivity contribution in [2.24, 2.45) is 11.8 Å². The number of benzene rings is 1. The molecule has 0 fully saturated rings. The third-order valence-corrected chi connectivity index (χ3v) is 3.95. The highest BCUT2D eigenvalue weighted by Gasteiger charge is 2.09. The number of nitrogen functional groups attached to an aromatic ring is 1. The molecular weight excluding hydrogens is 340 g/mol. The summed E-state index contributed by atoms with van der Waals surface area (Å²) in [7, 11) is 0. The van der Waals surface area contributed by atoms with Crippen LogP contribution >= 0.6 is 27.5 Å². The van der Waals surface area contributed by atoms with Crippen LogP contribution in [0.15, 0.2) is 28.7 Å². The highest BCUT2D eigenvalue weighted by atomic mass is 79.9. The molecule has 0 radical (unpaired) electrons. The summed E-state index contributed by atoms with van der Waals surface area (Å²) in [5.74, 6) is 7.21. The first kappa shape index (κ1) is 15.2. The van der Waals surface area contributed by atoms with Gasteiger partial charge in [-0.15, -0.1) is 0 Å². The Morgan fingerprint density at radius 3 is 2.65 bits per heavy atom. The fourth-order valence-electron chi connectivity index (χ4n) is 1.86. The average molecular weight is 356 g/mol. The van der Waals surface area contributed by atoms with Crippen molar-refractivity contribution in [2.75, 3.05) is 5.43 Å². The lowest BCUT2D eigenvalue weighted by Crippen LogP contribution is -2.11. The molecule has 0 aliphatic carbocycles. The standard InChI is InChI=1S/C14H16BrClN4/c1-8(2)5-10-7-13(20-17)19-14(18-10)9-3-4-11(15)12(16)6-9/h3-4,6-8H,5,17H2,1-2H3,(H,18,19,20). The van der Waals surface area contributed by atoms with Crippen LogP contribution in [0.4, 0.5) is 5.82 Å². The highest BCUT2D eigenvalue weighted by molar-refractivity contribution is 9.10. The van der Waals surface area contributed by atoms with E-state index in [1.54, 1.807) is 0 Å². The Kier molecular flexibility index (Phi) is 4.96. The molecule has 1 aromatic carbocycles. The van der Waals surface area contributed by atoms with E-state index >= 15 is 0 Å². The van der Waals surface area contributed by atoms with Crippen LogP contribution in [0.25, 0.3) is 11.4 Å². The molecule has 0 aliphatic rings. The summed E-state index contributed by atoms with van der Waals surface area (Å²) >= 11 is 9.49. The molecule has 6 heteroatoms. The molecule has 20 heavy (non-hydrogen) atoms. The van der Waals surface area contributed by atoms with Crippen LogP contribution in [0.3, 0.4) is 0 Å². The summed E-state index contributed by atoms with van der Waals surface area (Å²) < 4.78 is 0.846. The van der Waals surface area contributed by atoms with Gasteiger partial charge in [0.2, 0.25) is 0 Å². The van der Waals surface area contributed by atoms with Crippen molar-refractivity contribution in [1.82, 2.24) is 9.97 Å². The van der Waals surface area contributed by atoms with Crippen LogP contribution in [0.5, 0.6) is 0 Å². The zero-order chi connectivity index (χ0) is 14.7. The fraction of sp³-hybridized carbons (Fsp3) is 0.286. The van der Waals surface area contributed by atoms with Crippen LogP contribution in [-0.4, -0.2) is 9.97 Å². The first-order chi connectivity index (χ1) is 9.49. The molecular formula is C14H16BrClN4. The normalized spacial score (nSPS) is 10.9. The maximum atomic E-state index is 6.12. The second kappa shape index (κ2) is 6.52. The van der Waals surface area contributed by atoms with E-state index in [-0.39, 0.29) is 0 Å². The molecule has 0 spiro atoms. The molecule has 4 nitrogen and oxygen atoms in total. The lowest BCUT2D eigenvalue weighted by molar-refractivity contribution is 0.635. The molecule has 106 valence electrons. The van der Waals surface area contributed by atoms with Gasteiger partial charge in [0.15, 0.2) is 5.82 Å². The molecule has 0 amide bonds. The number of anilines is 1. The second-order valence-corrected chi connectivity index (χ2v) is 6.20. The molecule has 2 rings (SSSR count). The van der Waals surface area contributed by atoms with Crippen LogP contribution in [0.1, 0.15) is 19.5 Å². The number of rotatable bonds is 4. The fourth-order valence-corrected chi connectivity index (χ4v) is 2.29. The molecule has 0 saturated heterocycles. The van der Waals surface area contributed by atoms with Crippen molar-refractivity contribution in [3.8, 4) is 11.4 Å². The lowest BCUT2D eigenvalue weighted by atomic mass is 10.1. The van der Waals surface area contributed by atoms with E-state index in [9.17, 15) is 0 Å². The van der Waals surface area contributed by atoms with Gasteiger partial charge in [0.25, 0.3) is 0 Å². The number of nitrogens with one attached hydrogen (secondary N) is 1. The minimum atomic E-state index is 0.511. The van der Waals surface area contributed by atoms with E-state index in [2.05, 4.69) is 45.2 Å². The lowest BCUT2D eigenvalue weighted by Gasteiger charge is -2.10. The number of aromatic nitrogens is 2. The zero-order valence-corrected chi connectivity index (χ0v) is 13.7. The van der Waals surface area contributed by atoms with Gasteiger partial charge in [0.05, 0.1) is 5.02 Å². The molecule has 0 saturated carbocycles. The molecule has 0 bridgehead atoms. The topological polar surface area (TPSA) is 63.8 Å². The predicted molar refractivity (Wildman–Crippen MR) is 86.5 cm³/mol. The van der Waals surface area contributed by atoms with Gasteiger partial charge < -0.3 is 5.43 Å². The van der Waals surface area contributed by atoms with Crippen molar-refractivity contribution in [2.45, 2.75) is 20.3 Å². The van der Waals surface area contributed by atoms with Crippen molar-refractivity contribution in [1.29, 1.82) is 0 Å². The van der Waals surface area contributed by atoms with E-state index in [1.807, 2.05) is 24.3 Å². The second-order valence-electron chi connectivity index (χ2n) is 4.94. The third-order valence-electron chi connectivity index (χ3n) is 2.72. The molecule has 3 N–H and O–H groups in total. The summed E-state index contributed by atoms with van der Waals surface area (Å²) in [6.07, 6.45) is 0.870. The van der Waals surface area contributed by atoms with Gasteiger partial charge in [0.1, 0.15) is 5.82 Å². The predicted octanol–water partition coefficient (Wildman–Crippen LogP) is 4.04. The Morgan fingerprint density at radius 2 is 2.05 bits per heavy atom. The molecule has 0 atom stereocenters. The number of hydrogen-bond donors (Lipinski definition) is 2. The number of halogens is 2. The van der Waals surface area contributed by atoms with Gasteiger partial charge in [-0.1, -0.05) is 25.4 Å². The summed E-state index contributed by atoms with van der Waals surface area (Å²) in [5, 5.41) is 0.627.